The monoisotopic (exact) mass is 181 g/mol. The van der Waals surface area contributed by atoms with Crippen LogP contribution in [0.4, 0.5) is 0 Å². The summed E-state index contributed by atoms with van der Waals surface area (Å²) in [5.74, 6) is 0.294. The van der Waals surface area contributed by atoms with Crippen LogP contribution in [-0.2, 0) is 0 Å². The van der Waals surface area contributed by atoms with E-state index in [9.17, 15) is 0 Å². The van der Waals surface area contributed by atoms with Gasteiger partial charge in [0.15, 0.2) is 0 Å². The first kappa shape index (κ1) is 9.16. The van der Waals surface area contributed by atoms with Crippen molar-refractivity contribution in [3.05, 3.63) is 35.7 Å². The van der Waals surface area contributed by atoms with Crippen molar-refractivity contribution in [3.8, 4) is 5.75 Å². The Morgan fingerprint density at radius 1 is 1.33 bits per heavy atom. The maximum atomic E-state index is 8.98. The van der Waals surface area contributed by atoms with Gasteiger partial charge in [0.25, 0.3) is 0 Å². The van der Waals surface area contributed by atoms with Crippen LogP contribution in [-0.4, -0.2) is 11.7 Å². The van der Waals surface area contributed by atoms with Crippen LogP contribution < -0.4 is 5.73 Å². The summed E-state index contributed by atoms with van der Waals surface area (Å²) in [6.45, 7) is 0.561. The molecule has 0 amide bonds. The van der Waals surface area contributed by atoms with E-state index < -0.39 is 0 Å². The molecule has 2 nitrogen and oxygen atoms in total. The molecule has 0 atom stereocenters. The van der Waals surface area contributed by atoms with Gasteiger partial charge in [-0.05, 0) is 29.7 Å². The maximum Gasteiger partial charge on any atom is 0.115 e. The van der Waals surface area contributed by atoms with Gasteiger partial charge in [0, 0.05) is 11.4 Å². The normalized spacial score (nSPS) is 10.8. The molecule has 0 unspecified atom stereocenters. The molecule has 0 bridgehead atoms. The molecule has 0 aliphatic rings. The molecule has 0 fully saturated rings. The van der Waals surface area contributed by atoms with Gasteiger partial charge in [-0.2, -0.15) is 0 Å². The summed E-state index contributed by atoms with van der Waals surface area (Å²) in [6, 6.07) is 7.05. The number of benzene rings is 1. The van der Waals surface area contributed by atoms with E-state index in [2.05, 4.69) is 0 Å². The van der Waals surface area contributed by atoms with Crippen molar-refractivity contribution in [2.75, 3.05) is 6.54 Å². The van der Waals surface area contributed by atoms with Crippen LogP contribution in [0.1, 0.15) is 0 Å². The third-order valence-electron chi connectivity index (χ3n) is 1.27. The van der Waals surface area contributed by atoms with Crippen molar-refractivity contribution in [1.29, 1.82) is 0 Å². The summed E-state index contributed by atoms with van der Waals surface area (Å²) in [7, 11) is 0. The Labute approximate surface area is 76.1 Å². The van der Waals surface area contributed by atoms with Crippen molar-refractivity contribution in [2.45, 2.75) is 4.90 Å². The first-order valence-corrected chi connectivity index (χ1v) is 4.51. The zero-order valence-corrected chi connectivity index (χ0v) is 7.42. The molecule has 0 aliphatic carbocycles. The smallest absolute Gasteiger partial charge is 0.115 e. The van der Waals surface area contributed by atoms with Gasteiger partial charge in [-0.3, -0.25) is 0 Å². The molecule has 0 spiro atoms. The Kier molecular flexibility index (Phi) is 3.70. The number of thioether (sulfide) groups is 1. The second kappa shape index (κ2) is 4.85. The van der Waals surface area contributed by atoms with E-state index in [1.54, 1.807) is 23.9 Å². The Morgan fingerprint density at radius 2 is 2.00 bits per heavy atom. The van der Waals surface area contributed by atoms with Gasteiger partial charge in [0.1, 0.15) is 5.75 Å². The van der Waals surface area contributed by atoms with Crippen molar-refractivity contribution in [3.63, 3.8) is 0 Å². The number of phenolic OH excluding ortho intramolecular Hbond substituents is 1. The highest BCUT2D eigenvalue weighted by molar-refractivity contribution is 8.02. The molecule has 12 heavy (non-hydrogen) atoms. The lowest BCUT2D eigenvalue weighted by Gasteiger charge is -1.95. The highest BCUT2D eigenvalue weighted by atomic mass is 32.2. The quantitative estimate of drug-likeness (QED) is 0.701. The molecule has 64 valence electrons. The van der Waals surface area contributed by atoms with Gasteiger partial charge in [-0.25, -0.2) is 0 Å². The van der Waals surface area contributed by atoms with Crippen LogP contribution in [0.15, 0.2) is 40.6 Å². The van der Waals surface area contributed by atoms with Crippen LogP contribution in [0.25, 0.3) is 0 Å². The first-order valence-electron chi connectivity index (χ1n) is 3.63. The van der Waals surface area contributed by atoms with Gasteiger partial charge in [-0.1, -0.05) is 17.8 Å². The van der Waals surface area contributed by atoms with E-state index >= 15 is 0 Å². The maximum absolute atomic E-state index is 8.98. The number of hydrogen-bond donors (Lipinski definition) is 2. The van der Waals surface area contributed by atoms with Crippen LogP contribution in [0.2, 0.25) is 0 Å². The second-order valence-electron chi connectivity index (χ2n) is 2.22. The van der Waals surface area contributed by atoms with Crippen molar-refractivity contribution in [1.82, 2.24) is 0 Å². The molecule has 0 aromatic heterocycles. The average molecular weight is 181 g/mol. The Balaban J connectivity index is 2.53. The number of nitrogens with two attached hydrogens (primary N) is 1. The highest BCUT2D eigenvalue weighted by Gasteiger charge is 1.89. The van der Waals surface area contributed by atoms with Crippen LogP contribution >= 0.6 is 11.8 Å². The van der Waals surface area contributed by atoms with E-state index in [-0.39, 0.29) is 0 Å². The standard InChI is InChI=1S/C9H11NOS/c10-6-1-7-12-9-4-2-8(11)3-5-9/h1-5,7,11H,6,10H2. The topological polar surface area (TPSA) is 46.2 Å². The lowest BCUT2D eigenvalue weighted by molar-refractivity contribution is 0.475. The van der Waals surface area contributed by atoms with Crippen LogP contribution in [0.5, 0.6) is 5.75 Å². The summed E-state index contributed by atoms with van der Waals surface area (Å²) < 4.78 is 0. The fraction of sp³-hybridized carbons (Fsp3) is 0.111. The van der Waals surface area contributed by atoms with E-state index in [1.165, 1.54) is 0 Å². The molecule has 1 rings (SSSR count). The molecular formula is C9H11NOS. The molecule has 1 aromatic rings. The molecule has 3 heteroatoms. The summed E-state index contributed by atoms with van der Waals surface area (Å²) in [5.41, 5.74) is 5.28. The highest BCUT2D eigenvalue weighted by Crippen LogP contribution is 2.21. The summed E-state index contributed by atoms with van der Waals surface area (Å²) in [5, 5.41) is 10.9. The summed E-state index contributed by atoms with van der Waals surface area (Å²) >= 11 is 1.58. The average Bonchev–Trinajstić information content (AvgIpc) is 2.09. The predicted octanol–water partition coefficient (Wildman–Crippen LogP) is 1.96. The molecule has 3 N–H and O–H groups in total. The number of phenols is 1. The van der Waals surface area contributed by atoms with Gasteiger partial charge >= 0.3 is 0 Å². The molecular weight excluding hydrogens is 170 g/mol. The zero-order chi connectivity index (χ0) is 8.81. The van der Waals surface area contributed by atoms with Crippen molar-refractivity contribution in [2.24, 2.45) is 5.73 Å². The van der Waals surface area contributed by atoms with Crippen LogP contribution in [0.3, 0.4) is 0 Å². The number of rotatable bonds is 3. The number of hydrogen-bond acceptors (Lipinski definition) is 3. The second-order valence-corrected chi connectivity index (χ2v) is 3.20. The minimum absolute atomic E-state index is 0.294. The fourth-order valence-electron chi connectivity index (χ4n) is 0.707. The Morgan fingerprint density at radius 3 is 2.58 bits per heavy atom. The lowest BCUT2D eigenvalue weighted by atomic mass is 10.3. The van der Waals surface area contributed by atoms with Gasteiger partial charge < -0.3 is 10.8 Å². The van der Waals surface area contributed by atoms with E-state index in [4.69, 9.17) is 10.8 Å². The largest absolute Gasteiger partial charge is 0.508 e. The molecule has 0 heterocycles. The molecule has 0 radical (unpaired) electrons. The van der Waals surface area contributed by atoms with Crippen molar-refractivity contribution >= 4 is 11.8 Å². The third kappa shape index (κ3) is 2.98. The van der Waals surface area contributed by atoms with E-state index in [1.807, 2.05) is 23.6 Å². The van der Waals surface area contributed by atoms with Crippen molar-refractivity contribution < 1.29 is 5.11 Å². The SMILES string of the molecule is NCC=CSc1ccc(O)cc1. The van der Waals surface area contributed by atoms with Crippen LogP contribution in [0, 0.1) is 0 Å². The Bertz CT molecular complexity index is 256. The zero-order valence-electron chi connectivity index (χ0n) is 6.60. The van der Waals surface area contributed by atoms with E-state index in [0.717, 1.165) is 4.90 Å². The van der Waals surface area contributed by atoms with Gasteiger partial charge in [0.2, 0.25) is 0 Å². The van der Waals surface area contributed by atoms with Gasteiger partial charge in [0.05, 0.1) is 0 Å². The fourth-order valence-corrected chi connectivity index (χ4v) is 1.36. The molecule has 0 saturated carbocycles. The first-order chi connectivity index (χ1) is 5.83. The van der Waals surface area contributed by atoms with Gasteiger partial charge in [-0.15, -0.1) is 0 Å². The summed E-state index contributed by atoms with van der Waals surface area (Å²) in [6.07, 6.45) is 1.89. The lowest BCUT2D eigenvalue weighted by Crippen LogP contribution is -1.91. The van der Waals surface area contributed by atoms with E-state index in [0.29, 0.717) is 12.3 Å². The number of aromatic hydroxyl groups is 1. The molecule has 0 aliphatic heterocycles. The molecule has 0 saturated heterocycles. The predicted molar refractivity (Wildman–Crippen MR) is 52.2 cm³/mol. The Hall–Kier alpha value is -0.930. The minimum Gasteiger partial charge on any atom is -0.508 e. The minimum atomic E-state index is 0.294. The summed E-state index contributed by atoms with van der Waals surface area (Å²) in [4.78, 5) is 1.09. The third-order valence-corrected chi connectivity index (χ3v) is 2.15. The molecule has 1 aromatic carbocycles.